The molecule has 1 saturated heterocycles. The van der Waals surface area contributed by atoms with Crippen LogP contribution in [0.4, 0.5) is 0 Å². The van der Waals surface area contributed by atoms with Crippen LogP contribution in [0.5, 0.6) is 0 Å². The maximum absolute atomic E-state index is 10.7. The van der Waals surface area contributed by atoms with Gasteiger partial charge in [0.25, 0.3) is 0 Å². The monoisotopic (exact) mass is 160 g/mol. The van der Waals surface area contributed by atoms with Crippen molar-refractivity contribution in [1.29, 1.82) is 0 Å². The van der Waals surface area contributed by atoms with E-state index in [0.29, 0.717) is 6.54 Å². The highest BCUT2D eigenvalue weighted by Crippen LogP contribution is 1.97. The van der Waals surface area contributed by atoms with Crippen LogP contribution in [-0.4, -0.2) is 55.4 Å². The lowest BCUT2D eigenvalue weighted by Gasteiger charge is -2.31. The zero-order valence-corrected chi connectivity index (χ0v) is 7.34. The first-order valence-corrected chi connectivity index (χ1v) is 4.09. The van der Waals surface area contributed by atoms with Gasteiger partial charge in [-0.05, 0) is 14.0 Å². The van der Waals surface area contributed by atoms with Gasteiger partial charge in [-0.1, -0.05) is 0 Å². The van der Waals surface area contributed by atoms with E-state index >= 15 is 0 Å². The number of hydrogen-bond donors (Lipinski definition) is 0. The maximum Gasteiger partial charge on any atom is 0.143 e. The van der Waals surface area contributed by atoms with Crippen LogP contribution >= 0.6 is 0 Å². The predicted octanol–water partition coefficient (Wildman–Crippen LogP) is -0.177. The van der Waals surface area contributed by atoms with Crippen LogP contribution in [0.1, 0.15) is 6.92 Å². The van der Waals surface area contributed by atoms with Crippen molar-refractivity contribution in [3.8, 4) is 0 Å². The van der Waals surface area contributed by atoms with Crippen LogP contribution in [0.3, 0.4) is 0 Å². The van der Waals surface area contributed by atoms with E-state index in [9.17, 15) is 4.79 Å². The van der Waals surface area contributed by atoms with E-state index in [2.05, 4.69) is 16.8 Å². The summed E-state index contributed by atoms with van der Waals surface area (Å²) in [4.78, 5) is 15.2. The number of carbonyl (C=O) groups excluding carboxylic acids is 1. The van der Waals surface area contributed by atoms with Crippen molar-refractivity contribution >= 4 is 5.78 Å². The molecule has 0 aromatic carbocycles. The molecule has 0 aromatic heterocycles. The molecule has 0 aliphatic carbocycles. The van der Waals surface area contributed by atoms with Gasteiger partial charge in [-0.15, -0.1) is 0 Å². The lowest BCUT2D eigenvalue weighted by atomic mass is 10.4. The second kappa shape index (κ2) is 3.83. The fourth-order valence-electron chi connectivity index (χ4n) is 1.32. The highest BCUT2D eigenvalue weighted by Gasteiger charge is 2.13. The van der Waals surface area contributed by atoms with Crippen molar-refractivity contribution in [2.45, 2.75) is 6.92 Å². The van der Waals surface area contributed by atoms with Gasteiger partial charge in [0, 0.05) is 26.2 Å². The Labute approximate surface area is 68.0 Å². The number of ketones is 1. The molecule has 0 unspecified atom stereocenters. The lowest BCUT2D eigenvalue weighted by molar-refractivity contribution is -0.118. The molecule has 0 bridgehead atoms. The van der Waals surface area contributed by atoms with Crippen molar-refractivity contribution in [1.82, 2.24) is 9.80 Å². The van der Waals surface area contributed by atoms with Crippen LogP contribution < -0.4 is 0 Å². The Morgan fingerprint density at radius 3 is 2.27 bits per heavy atom. The largest absolute Gasteiger partial charge is 0.304 e. The Kier molecular flexibility index (Phi) is 3.02. The minimum absolute atomic E-state index is 0.273. The average molecular weight is 160 g/mol. The molecule has 3 nitrogen and oxygen atoms in total. The van der Waals surface area contributed by atoms with E-state index in [0.717, 1.165) is 26.2 Å². The highest BCUT2D eigenvalue weighted by atomic mass is 18.1. The molecule has 1 fully saturated rings. The van der Waals surface area contributed by atoms with Gasteiger partial charge in [-0.2, -0.15) is 0 Å². The lowest BCUT2D eigenvalue weighted by Crippen LogP contribution is -2.45. The molecular formula is C8H16N2O. The molecule has 0 N–H and O–H groups in total. The molecule has 0 amide bonds. The van der Waals surface area contributed by atoms with E-state index in [1.54, 1.807) is 6.92 Å². The Balaban J connectivity index is 2.22. The number of piperazine rings is 1. The summed E-state index contributed by atoms with van der Waals surface area (Å²) in [6.07, 6.45) is 0. The molecule has 1 heterocycles. The molecule has 3 heteroatoms. The third-order valence-electron chi connectivity index (χ3n) is 2.04. The molecule has 11 heavy (non-hydrogen) atoms. The summed E-state index contributed by atoms with van der Waals surface area (Å²) in [5, 5.41) is 0. The molecule has 0 saturated carbocycles. The van der Waals surface area contributed by atoms with Crippen LogP contribution in [0, 0.1) is 0 Å². The van der Waals surface area contributed by atoms with Gasteiger partial charge in [-0.25, -0.2) is 0 Å². The summed E-state index contributed by atoms with van der Waals surface area (Å²) in [5.74, 6) is 0.273. The molecule has 64 valence electrons. The Morgan fingerprint density at radius 1 is 1.27 bits per heavy atom. The van der Waals surface area contributed by atoms with Gasteiger partial charge in [0.1, 0.15) is 5.78 Å². The van der Waals surface area contributed by atoms with Crippen LogP contribution in [0.2, 0.25) is 0 Å². The molecule has 1 aliphatic heterocycles. The first kappa shape index (κ1) is 8.68. The third kappa shape index (κ3) is 2.99. The zero-order chi connectivity index (χ0) is 8.27. The highest BCUT2D eigenvalue weighted by molar-refractivity contribution is 5.77. The normalized spacial score (nSPS) is 22.0. The van der Waals surface area contributed by atoms with Gasteiger partial charge < -0.3 is 4.90 Å². The van der Waals surface area contributed by atoms with E-state index < -0.39 is 0 Å². The summed E-state index contributed by atoms with van der Waals surface area (Å²) in [5.41, 5.74) is 0. The summed E-state index contributed by atoms with van der Waals surface area (Å²) < 4.78 is 0. The van der Waals surface area contributed by atoms with Crippen molar-refractivity contribution in [2.24, 2.45) is 0 Å². The maximum atomic E-state index is 10.7. The summed E-state index contributed by atoms with van der Waals surface area (Å²) >= 11 is 0. The summed E-state index contributed by atoms with van der Waals surface area (Å²) in [6.45, 7) is 6.54. The SMILES string of the molecule is CC(=[18O])[13CH2][15N]1CCN(C)CC1. The molecule has 1 aliphatic rings. The van der Waals surface area contributed by atoms with Crippen molar-refractivity contribution in [3.05, 3.63) is 0 Å². The number of nitrogens with zero attached hydrogens (tertiary/aromatic N) is 2. The first-order valence-electron chi connectivity index (χ1n) is 4.09. The van der Waals surface area contributed by atoms with E-state index in [4.69, 9.17) is 0 Å². The van der Waals surface area contributed by atoms with Gasteiger partial charge in [0.15, 0.2) is 0 Å². The van der Waals surface area contributed by atoms with Crippen molar-refractivity contribution in [3.63, 3.8) is 0 Å². The van der Waals surface area contributed by atoms with E-state index in [1.165, 1.54) is 0 Å². The van der Waals surface area contributed by atoms with Crippen LogP contribution in [0.15, 0.2) is 0 Å². The molecule has 0 atom stereocenters. The number of rotatable bonds is 2. The number of Topliss-reactive ketones (excluding diaryl/α,β-unsaturated/α-hetero) is 1. The van der Waals surface area contributed by atoms with Gasteiger partial charge in [0.05, 0.1) is 6.54 Å². The molecular weight excluding hydrogens is 144 g/mol. The van der Waals surface area contributed by atoms with Crippen LogP contribution in [0.25, 0.3) is 0 Å². The third-order valence-corrected chi connectivity index (χ3v) is 2.04. The standard InChI is InChI=1S/C8H16N2O/c1-8(11)7-10-5-3-9(2)4-6-10/h3-7H2,1-2H3/i7+1,10+1,11+2. The van der Waals surface area contributed by atoms with Gasteiger partial charge >= 0.3 is 0 Å². The number of hydrogen-bond acceptors (Lipinski definition) is 3. The fourth-order valence-corrected chi connectivity index (χ4v) is 1.32. The quantitative estimate of drug-likeness (QED) is 0.318. The topological polar surface area (TPSA) is 23.6 Å². The van der Waals surface area contributed by atoms with Gasteiger partial charge in [0.2, 0.25) is 0 Å². The summed E-state index contributed by atoms with van der Waals surface area (Å²) in [6, 6.07) is 0. The fraction of sp³-hybridized carbons (Fsp3) is 0.875. The Bertz CT molecular complexity index is 139. The molecule has 0 aromatic rings. The van der Waals surface area contributed by atoms with Gasteiger partial charge in [-0.3, -0.25) is 9.69 Å². The summed E-state index contributed by atoms with van der Waals surface area (Å²) in [7, 11) is 2.12. The average Bonchev–Trinajstić information content (AvgIpc) is 1.93. The minimum Gasteiger partial charge on any atom is -0.304 e. The van der Waals surface area contributed by atoms with Crippen molar-refractivity contribution < 1.29 is 4.79 Å². The molecule has 0 spiro atoms. The van der Waals surface area contributed by atoms with Crippen molar-refractivity contribution in [2.75, 3.05) is 39.8 Å². The second-order valence-corrected chi connectivity index (χ2v) is 3.28. The minimum atomic E-state index is 0.273. The predicted molar refractivity (Wildman–Crippen MR) is 44.6 cm³/mol. The zero-order valence-electron chi connectivity index (χ0n) is 7.34. The molecule has 0 radical (unpaired) electrons. The smallest absolute Gasteiger partial charge is 0.143 e. The molecule has 1 rings (SSSR count). The number of carbonyl (C=O) groups is 1. The Hall–Kier alpha value is -0.410. The number of likely N-dealkylation sites (N-methyl/N-ethyl adjacent to an activating group) is 1. The van der Waals surface area contributed by atoms with Crippen LogP contribution in [-0.2, 0) is 4.79 Å². The van der Waals surface area contributed by atoms with E-state index in [-0.39, 0.29) is 5.78 Å². The first-order chi connectivity index (χ1) is 5.18. The Morgan fingerprint density at radius 2 is 1.82 bits per heavy atom. The van der Waals surface area contributed by atoms with E-state index in [1.807, 2.05) is 0 Å². The second-order valence-electron chi connectivity index (χ2n) is 3.28.